The van der Waals surface area contributed by atoms with Crippen molar-refractivity contribution >= 4 is 21.6 Å². The zero-order valence-electron chi connectivity index (χ0n) is 14.8. The summed E-state index contributed by atoms with van der Waals surface area (Å²) in [6, 6.07) is 9.25. The highest BCUT2D eigenvalue weighted by Crippen LogP contribution is 2.34. The van der Waals surface area contributed by atoms with Crippen molar-refractivity contribution in [3.8, 4) is 0 Å². The Balaban J connectivity index is 2.12. The van der Waals surface area contributed by atoms with Gasteiger partial charge in [-0.3, -0.25) is 4.79 Å². The second-order valence-corrected chi connectivity index (χ2v) is 7.87. The SMILES string of the molecule is CCN(CC(=O)Nc1ccccc1C(F)(F)F)S(=O)(=O)Cc1ccc(F)cc1. The van der Waals surface area contributed by atoms with Crippen LogP contribution in [-0.2, 0) is 26.7 Å². The van der Waals surface area contributed by atoms with Crippen LogP contribution in [0.1, 0.15) is 18.1 Å². The summed E-state index contributed by atoms with van der Waals surface area (Å²) in [6.45, 7) is 0.795. The average molecular weight is 418 g/mol. The minimum absolute atomic E-state index is 0.0577. The third-order valence-corrected chi connectivity index (χ3v) is 5.71. The van der Waals surface area contributed by atoms with Gasteiger partial charge in [0.25, 0.3) is 0 Å². The summed E-state index contributed by atoms with van der Waals surface area (Å²) in [4.78, 5) is 12.2. The summed E-state index contributed by atoms with van der Waals surface area (Å²) in [5, 5.41) is 2.11. The highest BCUT2D eigenvalue weighted by molar-refractivity contribution is 7.88. The molecule has 0 saturated heterocycles. The van der Waals surface area contributed by atoms with Crippen LogP contribution < -0.4 is 5.32 Å². The van der Waals surface area contributed by atoms with Crippen molar-refractivity contribution in [3.63, 3.8) is 0 Å². The van der Waals surface area contributed by atoms with Gasteiger partial charge < -0.3 is 5.32 Å². The number of halogens is 4. The Labute approximate surface area is 160 Å². The smallest absolute Gasteiger partial charge is 0.324 e. The standard InChI is InChI=1S/C18H18F4N2O3S/c1-2-24(28(26,27)12-13-7-9-14(19)10-8-13)11-17(25)23-16-6-4-3-5-15(16)18(20,21)22/h3-10H,2,11-12H2,1H3,(H,23,25). The number of carbonyl (C=O) groups is 1. The second-order valence-electron chi connectivity index (χ2n) is 5.90. The lowest BCUT2D eigenvalue weighted by Gasteiger charge is -2.21. The fourth-order valence-electron chi connectivity index (χ4n) is 2.48. The van der Waals surface area contributed by atoms with Gasteiger partial charge in [0.2, 0.25) is 15.9 Å². The molecule has 0 unspecified atom stereocenters. The van der Waals surface area contributed by atoms with Crippen LogP contribution in [0.25, 0.3) is 0 Å². The number of benzene rings is 2. The van der Waals surface area contributed by atoms with Crippen LogP contribution >= 0.6 is 0 Å². The average Bonchev–Trinajstić information content (AvgIpc) is 2.61. The molecule has 0 aliphatic carbocycles. The minimum atomic E-state index is -4.66. The van der Waals surface area contributed by atoms with Crippen LogP contribution in [0, 0.1) is 5.82 Å². The Morgan fingerprint density at radius 3 is 2.25 bits per heavy atom. The van der Waals surface area contributed by atoms with Gasteiger partial charge in [-0.25, -0.2) is 12.8 Å². The Morgan fingerprint density at radius 1 is 1.07 bits per heavy atom. The number of carbonyl (C=O) groups excluding carboxylic acids is 1. The first-order valence-electron chi connectivity index (χ1n) is 8.21. The predicted molar refractivity (Wildman–Crippen MR) is 96.3 cm³/mol. The van der Waals surface area contributed by atoms with Crippen molar-refractivity contribution in [1.29, 1.82) is 0 Å². The molecule has 2 rings (SSSR count). The van der Waals surface area contributed by atoms with Gasteiger partial charge in [-0.2, -0.15) is 17.5 Å². The first kappa shape index (κ1) is 21.8. The molecule has 0 saturated carbocycles. The molecule has 1 amide bonds. The molecule has 152 valence electrons. The predicted octanol–water partition coefficient (Wildman–Crippen LogP) is 3.63. The van der Waals surface area contributed by atoms with Gasteiger partial charge in [-0.05, 0) is 29.8 Å². The first-order chi connectivity index (χ1) is 13.0. The zero-order valence-corrected chi connectivity index (χ0v) is 15.6. The summed E-state index contributed by atoms with van der Waals surface area (Å²) in [7, 11) is -3.94. The van der Waals surface area contributed by atoms with Crippen molar-refractivity contribution in [1.82, 2.24) is 4.31 Å². The molecule has 0 fully saturated rings. The maximum absolute atomic E-state index is 13.0. The molecule has 0 spiro atoms. The van der Waals surface area contributed by atoms with Crippen molar-refractivity contribution in [2.75, 3.05) is 18.4 Å². The van der Waals surface area contributed by atoms with Gasteiger partial charge in [-0.1, -0.05) is 31.2 Å². The number of nitrogens with one attached hydrogen (secondary N) is 1. The summed E-state index contributed by atoms with van der Waals surface area (Å²) in [5.41, 5.74) is -1.16. The third kappa shape index (κ3) is 5.77. The van der Waals surface area contributed by atoms with E-state index in [1.165, 1.54) is 31.2 Å². The van der Waals surface area contributed by atoms with E-state index >= 15 is 0 Å². The van der Waals surface area contributed by atoms with E-state index in [4.69, 9.17) is 0 Å². The third-order valence-electron chi connectivity index (χ3n) is 3.83. The van der Waals surface area contributed by atoms with Gasteiger partial charge in [-0.15, -0.1) is 0 Å². The van der Waals surface area contributed by atoms with E-state index in [9.17, 15) is 30.8 Å². The van der Waals surface area contributed by atoms with Crippen LogP contribution in [0.2, 0.25) is 0 Å². The molecule has 0 bridgehead atoms. The number of nitrogens with zero attached hydrogens (tertiary/aromatic N) is 1. The van der Waals surface area contributed by atoms with E-state index in [0.717, 1.165) is 28.6 Å². The maximum Gasteiger partial charge on any atom is 0.418 e. The highest BCUT2D eigenvalue weighted by atomic mass is 32.2. The van der Waals surface area contributed by atoms with E-state index in [0.29, 0.717) is 5.56 Å². The maximum atomic E-state index is 13.0. The Hall–Kier alpha value is -2.46. The van der Waals surface area contributed by atoms with Gasteiger partial charge >= 0.3 is 6.18 Å². The lowest BCUT2D eigenvalue weighted by Crippen LogP contribution is -2.38. The van der Waals surface area contributed by atoms with Crippen molar-refractivity contribution in [3.05, 3.63) is 65.5 Å². The molecular weight excluding hydrogens is 400 g/mol. The topological polar surface area (TPSA) is 66.5 Å². The van der Waals surface area contributed by atoms with E-state index in [1.54, 1.807) is 0 Å². The van der Waals surface area contributed by atoms with Crippen molar-refractivity contribution in [2.24, 2.45) is 0 Å². The Morgan fingerprint density at radius 2 is 1.68 bits per heavy atom. The lowest BCUT2D eigenvalue weighted by atomic mass is 10.1. The van der Waals surface area contributed by atoms with Crippen molar-refractivity contribution < 1.29 is 30.8 Å². The molecule has 0 heterocycles. The minimum Gasteiger partial charge on any atom is -0.324 e. The quantitative estimate of drug-likeness (QED) is 0.699. The monoisotopic (exact) mass is 418 g/mol. The van der Waals surface area contributed by atoms with E-state index in [1.807, 2.05) is 0 Å². The van der Waals surface area contributed by atoms with Gasteiger partial charge in [0.1, 0.15) is 5.82 Å². The molecule has 10 heteroatoms. The fourth-order valence-corrected chi connectivity index (χ4v) is 3.98. The van der Waals surface area contributed by atoms with Gasteiger partial charge in [0, 0.05) is 6.54 Å². The van der Waals surface area contributed by atoms with Gasteiger partial charge in [0.05, 0.1) is 23.5 Å². The summed E-state index contributed by atoms with van der Waals surface area (Å²) in [5.74, 6) is -1.88. The van der Waals surface area contributed by atoms with E-state index in [2.05, 4.69) is 5.32 Å². The molecule has 0 aromatic heterocycles. The first-order valence-corrected chi connectivity index (χ1v) is 9.82. The van der Waals surface area contributed by atoms with Crippen molar-refractivity contribution in [2.45, 2.75) is 18.9 Å². The summed E-state index contributed by atoms with van der Waals surface area (Å²) >= 11 is 0. The molecule has 5 nitrogen and oxygen atoms in total. The zero-order chi connectivity index (χ0) is 20.9. The molecule has 0 atom stereocenters. The molecule has 2 aromatic carbocycles. The van der Waals surface area contributed by atoms with Crippen LogP contribution in [0.3, 0.4) is 0 Å². The van der Waals surface area contributed by atoms with Crippen LogP contribution in [0.4, 0.5) is 23.2 Å². The van der Waals surface area contributed by atoms with E-state index < -0.39 is 51.5 Å². The fraction of sp³-hybridized carbons (Fsp3) is 0.278. The number of likely N-dealkylation sites (N-methyl/N-ethyl adjacent to an activating group) is 1. The van der Waals surface area contributed by atoms with E-state index in [-0.39, 0.29) is 6.54 Å². The summed E-state index contributed by atoms with van der Waals surface area (Å²) < 4.78 is 77.8. The van der Waals surface area contributed by atoms with Crippen LogP contribution in [-0.4, -0.2) is 31.7 Å². The Kier molecular flexibility index (Phi) is 6.78. The Bertz CT molecular complexity index is 929. The number of anilines is 1. The molecule has 28 heavy (non-hydrogen) atoms. The number of alkyl halides is 3. The van der Waals surface area contributed by atoms with Gasteiger partial charge in [0.15, 0.2) is 0 Å². The number of hydrogen-bond acceptors (Lipinski definition) is 3. The largest absolute Gasteiger partial charge is 0.418 e. The normalized spacial score (nSPS) is 12.2. The number of hydrogen-bond donors (Lipinski definition) is 1. The highest BCUT2D eigenvalue weighted by Gasteiger charge is 2.34. The molecule has 0 aliphatic heterocycles. The molecule has 1 N–H and O–H groups in total. The van der Waals surface area contributed by atoms with Crippen LogP contribution in [0.5, 0.6) is 0 Å². The number of amides is 1. The molecular formula is C18H18F4N2O3S. The summed E-state index contributed by atoms with van der Waals surface area (Å²) in [6.07, 6.45) is -4.66. The number of para-hydroxylation sites is 1. The lowest BCUT2D eigenvalue weighted by molar-refractivity contribution is -0.137. The molecule has 0 radical (unpaired) electrons. The second kappa shape index (κ2) is 8.70. The van der Waals surface area contributed by atoms with Crippen LogP contribution in [0.15, 0.2) is 48.5 Å². The number of rotatable bonds is 7. The molecule has 0 aliphatic rings. The molecule has 2 aromatic rings. The number of sulfonamides is 1.